The molecule has 2 saturated carbocycles. The molecule has 9 heteroatoms. The van der Waals surface area contributed by atoms with Gasteiger partial charge >= 0.3 is 0 Å². The largest absolute Gasteiger partial charge is 0.370 e. The van der Waals surface area contributed by atoms with Gasteiger partial charge in [-0.15, -0.1) is 0 Å². The van der Waals surface area contributed by atoms with Gasteiger partial charge in [-0.05, 0) is 38.8 Å². The van der Waals surface area contributed by atoms with E-state index in [2.05, 4.69) is 16.0 Å². The number of hydrogen-bond acceptors (Lipinski definition) is 5. The Bertz CT molecular complexity index is 630. The van der Waals surface area contributed by atoms with Gasteiger partial charge in [-0.3, -0.25) is 9.59 Å². The van der Waals surface area contributed by atoms with Gasteiger partial charge in [0.25, 0.3) is 5.92 Å². The van der Waals surface area contributed by atoms with Crippen molar-refractivity contribution in [2.24, 2.45) is 5.41 Å². The van der Waals surface area contributed by atoms with Crippen LogP contribution in [-0.2, 0) is 19.1 Å². The molecule has 5 fully saturated rings. The van der Waals surface area contributed by atoms with Gasteiger partial charge in [0.2, 0.25) is 11.8 Å². The number of alkyl halides is 2. The molecular weight excluding hydrogens is 360 g/mol. The normalized spacial score (nSPS) is 37.5. The molecule has 0 aromatic rings. The van der Waals surface area contributed by atoms with E-state index < -0.39 is 28.6 Å². The first kappa shape index (κ1) is 19.0. The summed E-state index contributed by atoms with van der Waals surface area (Å²) in [4.78, 5) is 24.3. The summed E-state index contributed by atoms with van der Waals surface area (Å²) < 4.78 is 37.2. The van der Waals surface area contributed by atoms with Crippen LogP contribution in [0.25, 0.3) is 0 Å². The highest BCUT2D eigenvalue weighted by Gasteiger charge is 2.77. The van der Waals surface area contributed by atoms with Crippen molar-refractivity contribution in [1.29, 1.82) is 0 Å². The molecule has 3 aliphatic heterocycles. The standard InChI is InChI=1S/C18H27F2N3O4/c1-12(24)23-11-15-9-16(10-15,17(27-15)2-4-21-5-3-17)14(25)22-6-7-26-13-8-18(13,19)20/h13,21H,2-11H2,1H3,(H,22,25)(H,23,24). The van der Waals surface area contributed by atoms with Crippen molar-refractivity contribution in [3.63, 3.8) is 0 Å². The van der Waals surface area contributed by atoms with Crippen molar-refractivity contribution in [3.05, 3.63) is 0 Å². The summed E-state index contributed by atoms with van der Waals surface area (Å²) >= 11 is 0. The van der Waals surface area contributed by atoms with Gasteiger partial charge in [-0.1, -0.05) is 0 Å². The Hall–Kier alpha value is -1.32. The summed E-state index contributed by atoms with van der Waals surface area (Å²) in [5.41, 5.74) is -1.62. The lowest BCUT2D eigenvalue weighted by molar-refractivity contribution is -0.141. The van der Waals surface area contributed by atoms with Crippen molar-refractivity contribution in [3.8, 4) is 0 Å². The Morgan fingerprint density at radius 3 is 2.48 bits per heavy atom. The van der Waals surface area contributed by atoms with Crippen molar-refractivity contribution >= 4 is 11.8 Å². The van der Waals surface area contributed by atoms with E-state index in [0.29, 0.717) is 19.4 Å². The zero-order valence-corrected chi connectivity index (χ0v) is 15.5. The molecule has 3 N–H and O–H groups in total. The van der Waals surface area contributed by atoms with E-state index in [1.807, 2.05) is 0 Å². The number of amides is 2. The monoisotopic (exact) mass is 387 g/mol. The summed E-state index contributed by atoms with van der Waals surface area (Å²) in [6, 6.07) is 0. The second-order valence-electron chi connectivity index (χ2n) is 8.46. The quantitative estimate of drug-likeness (QED) is 0.548. The molecule has 7 nitrogen and oxygen atoms in total. The van der Waals surface area contributed by atoms with Gasteiger partial charge in [0.15, 0.2) is 0 Å². The molecular formula is C18H27F2N3O4. The zero-order valence-electron chi connectivity index (χ0n) is 15.5. The molecule has 1 atom stereocenters. The fraction of sp³-hybridized carbons (Fsp3) is 0.889. The van der Waals surface area contributed by atoms with Gasteiger partial charge in [-0.25, -0.2) is 8.78 Å². The molecule has 27 heavy (non-hydrogen) atoms. The maximum Gasteiger partial charge on any atom is 0.276 e. The van der Waals surface area contributed by atoms with Crippen LogP contribution in [0.1, 0.15) is 39.0 Å². The second-order valence-corrected chi connectivity index (χ2v) is 8.46. The van der Waals surface area contributed by atoms with Gasteiger partial charge in [0.05, 0.1) is 23.2 Å². The molecule has 1 spiro atoms. The Morgan fingerprint density at radius 1 is 1.22 bits per heavy atom. The molecule has 2 bridgehead atoms. The molecule has 2 aliphatic carbocycles. The van der Waals surface area contributed by atoms with Gasteiger partial charge in [-0.2, -0.15) is 0 Å². The van der Waals surface area contributed by atoms with Crippen molar-refractivity contribution in [1.82, 2.24) is 16.0 Å². The summed E-state index contributed by atoms with van der Waals surface area (Å²) in [7, 11) is 0. The first-order chi connectivity index (χ1) is 12.7. The first-order valence-electron chi connectivity index (χ1n) is 9.66. The molecule has 3 saturated heterocycles. The number of nitrogens with one attached hydrogen (secondary N) is 3. The van der Waals surface area contributed by atoms with E-state index in [4.69, 9.17) is 9.47 Å². The molecule has 5 rings (SSSR count). The van der Waals surface area contributed by atoms with E-state index in [0.717, 1.165) is 25.9 Å². The molecule has 0 radical (unpaired) electrons. The lowest BCUT2D eigenvalue weighted by atomic mass is 9.53. The lowest BCUT2D eigenvalue weighted by Crippen LogP contribution is -2.62. The number of carbonyl (C=O) groups excluding carboxylic acids is 2. The fourth-order valence-corrected chi connectivity index (χ4v) is 5.08. The van der Waals surface area contributed by atoms with Crippen LogP contribution in [0.3, 0.4) is 0 Å². The minimum atomic E-state index is -2.71. The van der Waals surface area contributed by atoms with Crippen molar-refractivity contribution in [2.75, 3.05) is 32.8 Å². The Kier molecular flexibility index (Phi) is 4.47. The van der Waals surface area contributed by atoms with Crippen LogP contribution in [0, 0.1) is 5.41 Å². The average Bonchev–Trinajstić information content (AvgIpc) is 2.98. The third-order valence-corrected chi connectivity index (χ3v) is 6.51. The molecule has 0 aromatic heterocycles. The van der Waals surface area contributed by atoms with Crippen LogP contribution in [-0.4, -0.2) is 67.8 Å². The smallest absolute Gasteiger partial charge is 0.276 e. The minimum absolute atomic E-state index is 0.0779. The molecule has 152 valence electrons. The van der Waals surface area contributed by atoms with E-state index >= 15 is 0 Å². The van der Waals surface area contributed by atoms with Crippen LogP contribution in [0.2, 0.25) is 0 Å². The number of rotatable bonds is 7. The summed E-state index contributed by atoms with van der Waals surface area (Å²) in [6.07, 6.45) is 1.40. The fourth-order valence-electron chi connectivity index (χ4n) is 5.08. The van der Waals surface area contributed by atoms with Gasteiger partial charge < -0.3 is 25.4 Å². The van der Waals surface area contributed by atoms with E-state index in [1.54, 1.807) is 0 Å². The number of hydrogen-bond donors (Lipinski definition) is 3. The lowest BCUT2D eigenvalue weighted by Gasteiger charge is -2.48. The highest BCUT2D eigenvalue weighted by atomic mass is 19.3. The predicted octanol–water partition coefficient (Wildman–Crippen LogP) is 0.334. The molecule has 5 aliphatic rings. The highest BCUT2D eigenvalue weighted by molar-refractivity contribution is 5.87. The summed E-state index contributed by atoms with van der Waals surface area (Å²) in [6.45, 7) is 3.73. The summed E-state index contributed by atoms with van der Waals surface area (Å²) in [5.74, 6) is -2.92. The number of piperidine rings is 1. The van der Waals surface area contributed by atoms with Crippen LogP contribution in [0.15, 0.2) is 0 Å². The Labute approximate surface area is 156 Å². The van der Waals surface area contributed by atoms with Gasteiger partial charge in [0, 0.05) is 26.4 Å². The highest BCUT2D eigenvalue weighted by Crippen LogP contribution is 2.68. The second kappa shape index (κ2) is 6.35. The first-order valence-corrected chi connectivity index (χ1v) is 9.66. The maximum atomic E-state index is 13.0. The molecule has 3 heterocycles. The van der Waals surface area contributed by atoms with E-state index in [-0.39, 0.29) is 31.4 Å². The third kappa shape index (κ3) is 3.13. The van der Waals surface area contributed by atoms with Crippen molar-refractivity contribution < 1.29 is 27.8 Å². The predicted molar refractivity (Wildman–Crippen MR) is 91.3 cm³/mol. The SMILES string of the molecule is CC(=O)NCC12CC(C(=O)NCCOC3CC3(F)F)(C1)C1(CCNCC1)O2. The maximum absolute atomic E-state index is 13.0. The minimum Gasteiger partial charge on any atom is -0.370 e. The molecule has 2 amide bonds. The number of carbonyl (C=O) groups is 2. The third-order valence-electron chi connectivity index (χ3n) is 6.51. The summed E-state index contributed by atoms with van der Waals surface area (Å²) in [5, 5.41) is 8.99. The topological polar surface area (TPSA) is 88.7 Å². The Balaban J connectivity index is 1.37. The van der Waals surface area contributed by atoms with Crippen LogP contribution in [0.4, 0.5) is 8.78 Å². The average molecular weight is 387 g/mol. The van der Waals surface area contributed by atoms with Gasteiger partial charge in [0.1, 0.15) is 6.10 Å². The Morgan fingerprint density at radius 2 is 1.89 bits per heavy atom. The number of ether oxygens (including phenoxy) is 2. The van der Waals surface area contributed by atoms with Crippen LogP contribution >= 0.6 is 0 Å². The molecule has 0 aromatic carbocycles. The van der Waals surface area contributed by atoms with Crippen molar-refractivity contribution in [2.45, 2.75) is 62.3 Å². The zero-order chi connectivity index (χ0) is 19.3. The van der Waals surface area contributed by atoms with Crippen LogP contribution < -0.4 is 16.0 Å². The van der Waals surface area contributed by atoms with E-state index in [1.165, 1.54) is 6.92 Å². The van der Waals surface area contributed by atoms with Crippen LogP contribution in [0.5, 0.6) is 0 Å². The molecule has 1 unspecified atom stereocenters. The van der Waals surface area contributed by atoms with E-state index in [9.17, 15) is 18.4 Å². The number of halogens is 2.